The van der Waals surface area contributed by atoms with Crippen molar-refractivity contribution < 1.29 is 9.53 Å². The van der Waals surface area contributed by atoms with Crippen LogP contribution in [0.4, 0.5) is 0 Å². The Morgan fingerprint density at radius 3 is 2.50 bits per heavy atom. The van der Waals surface area contributed by atoms with Gasteiger partial charge in [0, 0.05) is 11.4 Å². The maximum Gasteiger partial charge on any atom is 0.308 e. The van der Waals surface area contributed by atoms with Gasteiger partial charge in [-0.15, -0.1) is 22.0 Å². The predicted molar refractivity (Wildman–Crippen MR) is 129 cm³/mol. The molecular formula is C24H29ClN4O2S. The van der Waals surface area contributed by atoms with Crippen LogP contribution < -0.4 is 0 Å². The van der Waals surface area contributed by atoms with Crippen molar-refractivity contribution in [2.24, 2.45) is 10.9 Å². The smallest absolute Gasteiger partial charge is 0.308 e. The van der Waals surface area contributed by atoms with Gasteiger partial charge in [0.05, 0.1) is 23.4 Å². The average Bonchev–Trinajstić information content (AvgIpc) is 3.22. The SMILES string of the molecule is CCc1nnc2n1C1SC(C)=C(C)C1C(c1ccc(Cl)cc1)=N[C@H]2CC(=O)OC(C)(C)C. The molecule has 0 radical (unpaired) electrons. The second-order valence-corrected chi connectivity index (χ2v) is 11.0. The Morgan fingerprint density at radius 2 is 1.88 bits per heavy atom. The summed E-state index contributed by atoms with van der Waals surface area (Å²) in [6.07, 6.45) is 0.867. The summed E-state index contributed by atoms with van der Waals surface area (Å²) in [6.45, 7) is 12.0. The zero-order chi connectivity index (χ0) is 23.2. The van der Waals surface area contributed by atoms with E-state index in [1.165, 1.54) is 10.5 Å². The molecule has 3 atom stereocenters. The molecule has 0 amide bonds. The van der Waals surface area contributed by atoms with Crippen molar-refractivity contribution in [1.82, 2.24) is 14.8 Å². The molecule has 170 valence electrons. The van der Waals surface area contributed by atoms with Gasteiger partial charge >= 0.3 is 5.97 Å². The quantitative estimate of drug-likeness (QED) is 0.516. The maximum atomic E-state index is 12.8. The minimum absolute atomic E-state index is 0.0601. The number of carbonyl (C=O) groups excluding carboxylic acids is 1. The van der Waals surface area contributed by atoms with Gasteiger partial charge < -0.3 is 4.74 Å². The second-order valence-electron chi connectivity index (χ2n) is 9.25. The highest BCUT2D eigenvalue weighted by atomic mass is 35.5. The third kappa shape index (κ3) is 4.37. The van der Waals surface area contributed by atoms with E-state index >= 15 is 0 Å². The van der Waals surface area contributed by atoms with Gasteiger partial charge in [-0.25, -0.2) is 0 Å². The van der Waals surface area contributed by atoms with Crippen molar-refractivity contribution in [1.29, 1.82) is 0 Å². The number of hydrogen-bond acceptors (Lipinski definition) is 6. The third-order valence-electron chi connectivity index (χ3n) is 5.78. The Hall–Kier alpha value is -2.12. The van der Waals surface area contributed by atoms with Crippen LogP contribution in [0.3, 0.4) is 0 Å². The monoisotopic (exact) mass is 472 g/mol. The van der Waals surface area contributed by atoms with Crippen LogP contribution >= 0.6 is 23.4 Å². The van der Waals surface area contributed by atoms with Crippen molar-refractivity contribution in [3.8, 4) is 0 Å². The number of aliphatic imine (C=N–C) groups is 1. The van der Waals surface area contributed by atoms with Crippen LogP contribution in [0.5, 0.6) is 0 Å². The van der Waals surface area contributed by atoms with Crippen molar-refractivity contribution >= 4 is 35.0 Å². The molecule has 1 aromatic carbocycles. The van der Waals surface area contributed by atoms with Crippen molar-refractivity contribution in [2.45, 2.75) is 71.4 Å². The molecule has 4 rings (SSSR count). The minimum Gasteiger partial charge on any atom is -0.460 e. The van der Waals surface area contributed by atoms with E-state index in [1.807, 2.05) is 56.8 Å². The number of rotatable bonds is 4. The van der Waals surface area contributed by atoms with Gasteiger partial charge in [-0.05, 0) is 57.2 Å². The number of hydrogen-bond donors (Lipinski definition) is 0. The zero-order valence-electron chi connectivity index (χ0n) is 19.3. The van der Waals surface area contributed by atoms with Gasteiger partial charge in [0.25, 0.3) is 0 Å². The molecule has 0 spiro atoms. The molecule has 2 aliphatic heterocycles. The third-order valence-corrected chi connectivity index (χ3v) is 7.43. The van der Waals surface area contributed by atoms with Crippen LogP contribution in [-0.2, 0) is 16.0 Å². The maximum absolute atomic E-state index is 12.8. The van der Waals surface area contributed by atoms with Gasteiger partial charge in [0.1, 0.15) is 17.5 Å². The van der Waals surface area contributed by atoms with Gasteiger partial charge in [-0.3, -0.25) is 14.4 Å². The molecule has 0 aliphatic carbocycles. The van der Waals surface area contributed by atoms with Crippen LogP contribution in [0, 0.1) is 5.92 Å². The number of allylic oxidation sites excluding steroid dienone is 2. The first-order valence-corrected chi connectivity index (χ1v) is 12.2. The number of aromatic nitrogens is 3. The minimum atomic E-state index is -0.560. The molecule has 0 saturated heterocycles. The van der Waals surface area contributed by atoms with Crippen molar-refractivity contribution in [3.63, 3.8) is 0 Å². The number of nitrogens with zero attached hydrogens (tertiary/aromatic N) is 4. The summed E-state index contributed by atoms with van der Waals surface area (Å²) >= 11 is 7.98. The van der Waals surface area contributed by atoms with Gasteiger partial charge in [0.15, 0.2) is 5.82 Å². The Bertz CT molecular complexity index is 1100. The van der Waals surface area contributed by atoms with Gasteiger partial charge in [0.2, 0.25) is 0 Å². The Balaban J connectivity index is 1.86. The number of carbonyl (C=O) groups is 1. The Kier molecular flexibility index (Phi) is 6.25. The highest BCUT2D eigenvalue weighted by Crippen LogP contribution is 2.53. The predicted octanol–water partition coefficient (Wildman–Crippen LogP) is 5.93. The second kappa shape index (κ2) is 8.67. The van der Waals surface area contributed by atoms with Crippen LogP contribution in [0.2, 0.25) is 5.02 Å². The molecule has 2 aromatic rings. The van der Waals surface area contributed by atoms with Gasteiger partial charge in [-0.2, -0.15) is 0 Å². The molecule has 0 bridgehead atoms. The molecule has 0 N–H and O–H groups in total. The first-order valence-electron chi connectivity index (χ1n) is 10.9. The fraction of sp³-hybridized carbons (Fsp3) is 0.500. The highest BCUT2D eigenvalue weighted by molar-refractivity contribution is 8.03. The van der Waals surface area contributed by atoms with Crippen LogP contribution in [0.1, 0.15) is 76.6 Å². The van der Waals surface area contributed by atoms with E-state index in [0.717, 1.165) is 29.3 Å². The van der Waals surface area contributed by atoms with E-state index in [0.29, 0.717) is 5.02 Å². The zero-order valence-corrected chi connectivity index (χ0v) is 20.9. The molecule has 0 fully saturated rings. The summed E-state index contributed by atoms with van der Waals surface area (Å²) in [6, 6.07) is 7.30. The van der Waals surface area contributed by atoms with E-state index in [4.69, 9.17) is 21.3 Å². The first-order chi connectivity index (χ1) is 15.1. The Labute approximate surface area is 198 Å². The van der Waals surface area contributed by atoms with E-state index in [-0.39, 0.29) is 23.7 Å². The van der Waals surface area contributed by atoms with Crippen LogP contribution in [0.25, 0.3) is 0 Å². The lowest BCUT2D eigenvalue weighted by molar-refractivity contribution is -0.155. The summed E-state index contributed by atoms with van der Waals surface area (Å²) in [7, 11) is 0. The molecule has 8 heteroatoms. The van der Waals surface area contributed by atoms with E-state index in [2.05, 4.69) is 35.5 Å². The van der Waals surface area contributed by atoms with E-state index in [1.54, 1.807) is 0 Å². The number of benzene rings is 1. The van der Waals surface area contributed by atoms with E-state index < -0.39 is 11.6 Å². The topological polar surface area (TPSA) is 69.4 Å². The summed E-state index contributed by atoms with van der Waals surface area (Å²) in [4.78, 5) is 19.2. The number of esters is 1. The van der Waals surface area contributed by atoms with Gasteiger partial charge in [-0.1, -0.05) is 36.2 Å². The largest absolute Gasteiger partial charge is 0.460 e. The summed E-state index contributed by atoms with van der Waals surface area (Å²) in [5.74, 6) is 1.40. The summed E-state index contributed by atoms with van der Waals surface area (Å²) in [5.41, 5.74) is 2.68. The standard InChI is InChI=1S/C24H29ClN4O2S/c1-7-18-27-28-22-17(12-19(30)31-24(4,5)6)26-21(15-8-10-16(25)11-9-15)20-13(2)14(3)32-23(20)29(18)22/h8-11,17,20,23H,7,12H2,1-6H3/t17-,20?,23?/m0/s1. The molecule has 2 unspecified atom stereocenters. The van der Waals surface area contributed by atoms with Crippen LogP contribution in [-0.4, -0.2) is 32.0 Å². The Morgan fingerprint density at radius 1 is 1.19 bits per heavy atom. The molecule has 3 heterocycles. The molecule has 32 heavy (non-hydrogen) atoms. The molecule has 2 aliphatic rings. The fourth-order valence-corrected chi connectivity index (χ4v) is 5.86. The number of aryl methyl sites for hydroxylation is 1. The number of halogens is 1. The number of ether oxygens (including phenoxy) is 1. The van der Waals surface area contributed by atoms with Crippen molar-refractivity contribution in [3.05, 3.63) is 57.0 Å². The lowest BCUT2D eigenvalue weighted by Crippen LogP contribution is -2.25. The molecular weight excluding hydrogens is 444 g/mol. The summed E-state index contributed by atoms with van der Waals surface area (Å²) < 4.78 is 7.83. The molecule has 1 aromatic heterocycles. The number of fused-ring (bicyclic) bond motifs is 3. The first kappa shape index (κ1) is 23.1. The van der Waals surface area contributed by atoms with Crippen LogP contribution in [0.15, 0.2) is 39.7 Å². The fourth-order valence-electron chi connectivity index (χ4n) is 4.26. The number of thioether (sulfide) groups is 1. The molecule has 6 nitrogen and oxygen atoms in total. The average molecular weight is 473 g/mol. The molecule has 0 saturated carbocycles. The normalized spacial score (nSPS) is 22.8. The van der Waals surface area contributed by atoms with E-state index in [9.17, 15) is 4.79 Å². The lowest BCUT2D eigenvalue weighted by Gasteiger charge is -2.24. The van der Waals surface area contributed by atoms with Crippen molar-refractivity contribution in [2.75, 3.05) is 0 Å². The summed E-state index contributed by atoms with van der Waals surface area (Å²) in [5, 5.41) is 9.71. The highest BCUT2D eigenvalue weighted by Gasteiger charge is 2.43. The lowest BCUT2D eigenvalue weighted by atomic mass is 9.90.